The zero-order valence-corrected chi connectivity index (χ0v) is 18.7. The molecule has 0 bridgehead atoms. The van der Waals surface area contributed by atoms with Crippen LogP contribution in [0.4, 0.5) is 5.82 Å². The molecule has 1 aliphatic rings. The first-order valence-electron chi connectivity index (χ1n) is 10.00. The molecule has 5 rings (SSSR count). The number of H-pyrrole nitrogens is 1. The number of aryl methyl sites for hydroxylation is 1. The van der Waals surface area contributed by atoms with Gasteiger partial charge in [-0.05, 0) is 31.9 Å². The van der Waals surface area contributed by atoms with Crippen molar-refractivity contribution in [3.63, 3.8) is 0 Å². The molecule has 0 unspecified atom stereocenters. The molecule has 1 saturated heterocycles. The van der Waals surface area contributed by atoms with E-state index < -0.39 is 0 Å². The number of piperidine rings is 1. The number of nitrogens with one attached hydrogen (secondary N) is 1. The van der Waals surface area contributed by atoms with Crippen molar-refractivity contribution in [2.24, 2.45) is 12.8 Å². The summed E-state index contributed by atoms with van der Waals surface area (Å²) in [5.41, 5.74) is 9.53. The molecule has 3 aromatic heterocycles. The summed E-state index contributed by atoms with van der Waals surface area (Å²) >= 11 is 13.1. The maximum absolute atomic E-state index is 10.0. The largest absolute Gasteiger partial charge is 0.390 e. The minimum absolute atomic E-state index is 0.183. The molecule has 0 aliphatic carbocycles. The number of aliphatic hydroxyl groups is 1. The second kappa shape index (κ2) is 7.30. The lowest BCUT2D eigenvalue weighted by molar-refractivity contribution is 0.276. The van der Waals surface area contributed by atoms with Gasteiger partial charge in [-0.2, -0.15) is 10.2 Å². The van der Waals surface area contributed by atoms with Crippen LogP contribution in [0.1, 0.15) is 25.5 Å². The molecule has 0 atom stereocenters. The number of aliphatic hydroxyl groups excluding tert-OH is 1. The molecule has 4 N–H and O–H groups in total. The Bertz CT molecular complexity index is 1300. The predicted molar refractivity (Wildman–Crippen MR) is 121 cm³/mol. The van der Waals surface area contributed by atoms with Crippen LogP contribution in [-0.2, 0) is 13.7 Å². The van der Waals surface area contributed by atoms with E-state index in [2.05, 4.69) is 27.1 Å². The fourth-order valence-corrected chi connectivity index (χ4v) is 4.65. The highest BCUT2D eigenvalue weighted by molar-refractivity contribution is 6.43. The topological polar surface area (TPSA) is 122 Å². The van der Waals surface area contributed by atoms with Crippen LogP contribution in [0.25, 0.3) is 33.3 Å². The van der Waals surface area contributed by atoms with Gasteiger partial charge in [0, 0.05) is 31.2 Å². The number of rotatable bonds is 3. The van der Waals surface area contributed by atoms with E-state index in [1.807, 2.05) is 12.1 Å². The molecule has 4 aromatic rings. The lowest BCUT2D eigenvalue weighted by atomic mass is 9.91. The Balaban J connectivity index is 1.62. The maximum Gasteiger partial charge on any atom is 0.177 e. The summed E-state index contributed by atoms with van der Waals surface area (Å²) in [5.74, 6) is 0.651. The Morgan fingerprint density at radius 1 is 1.23 bits per heavy atom. The standard InChI is InChI=1S/C20H22Cl2N8O/c1-20(23)5-7-30(8-6-20)19-12(9-31)24-16-15(26-27-18(16)25-19)10-3-4-11-13(14(10)21)17(22)29(2)28-11/h3-4,31H,5-9,23H2,1-2H3,(H,25,26,27). The van der Waals surface area contributed by atoms with E-state index in [0.717, 1.165) is 25.9 Å². The quantitative estimate of drug-likeness (QED) is 0.429. The van der Waals surface area contributed by atoms with Crippen molar-refractivity contribution in [3.8, 4) is 11.3 Å². The minimum Gasteiger partial charge on any atom is -0.390 e. The van der Waals surface area contributed by atoms with E-state index in [1.54, 1.807) is 11.7 Å². The van der Waals surface area contributed by atoms with Crippen LogP contribution in [0.15, 0.2) is 12.1 Å². The minimum atomic E-state index is -0.236. The number of halogens is 2. The number of aromatic nitrogens is 6. The summed E-state index contributed by atoms with van der Waals surface area (Å²) in [6.07, 6.45) is 1.68. The first kappa shape index (κ1) is 20.4. The summed E-state index contributed by atoms with van der Waals surface area (Å²) in [4.78, 5) is 11.5. The van der Waals surface area contributed by atoms with Crippen molar-refractivity contribution in [3.05, 3.63) is 28.0 Å². The predicted octanol–water partition coefficient (Wildman–Crippen LogP) is 3.02. The fourth-order valence-electron chi connectivity index (χ4n) is 4.04. The molecule has 162 valence electrons. The smallest absolute Gasteiger partial charge is 0.177 e. The van der Waals surface area contributed by atoms with Gasteiger partial charge < -0.3 is 15.7 Å². The van der Waals surface area contributed by atoms with Gasteiger partial charge in [0.15, 0.2) is 11.5 Å². The van der Waals surface area contributed by atoms with E-state index in [0.29, 0.717) is 55.0 Å². The summed E-state index contributed by atoms with van der Waals surface area (Å²) < 4.78 is 1.57. The normalized spacial score (nSPS) is 16.5. The SMILES string of the molecule is Cn1nc2ccc(-c3n[nH]c4nc(N5CCC(C)(N)CC5)c(CO)nc34)c(Cl)c2c1Cl. The van der Waals surface area contributed by atoms with E-state index in [9.17, 15) is 5.11 Å². The number of fused-ring (bicyclic) bond motifs is 2. The fraction of sp³-hybridized carbons (Fsp3) is 0.400. The van der Waals surface area contributed by atoms with E-state index >= 15 is 0 Å². The highest BCUT2D eigenvalue weighted by Crippen LogP contribution is 2.39. The number of hydrogen-bond donors (Lipinski definition) is 3. The van der Waals surface area contributed by atoms with Gasteiger partial charge in [0.1, 0.15) is 22.1 Å². The molecular formula is C20H22Cl2N8O. The molecule has 1 aromatic carbocycles. The molecule has 0 spiro atoms. The highest BCUT2D eigenvalue weighted by atomic mass is 35.5. The average Bonchev–Trinajstić information content (AvgIpc) is 3.28. The summed E-state index contributed by atoms with van der Waals surface area (Å²) in [5, 5.41) is 23.3. The van der Waals surface area contributed by atoms with Gasteiger partial charge in [0.05, 0.1) is 22.5 Å². The Morgan fingerprint density at radius 3 is 2.68 bits per heavy atom. The molecule has 1 aliphatic heterocycles. The van der Waals surface area contributed by atoms with Crippen LogP contribution in [0, 0.1) is 0 Å². The lowest BCUT2D eigenvalue weighted by Crippen LogP contribution is -2.48. The molecule has 4 heterocycles. The third kappa shape index (κ3) is 3.32. The lowest BCUT2D eigenvalue weighted by Gasteiger charge is -2.37. The van der Waals surface area contributed by atoms with Crippen LogP contribution in [0.5, 0.6) is 0 Å². The van der Waals surface area contributed by atoms with E-state index in [4.69, 9.17) is 38.9 Å². The van der Waals surface area contributed by atoms with Gasteiger partial charge in [-0.3, -0.25) is 9.78 Å². The zero-order valence-electron chi connectivity index (χ0n) is 17.2. The first-order valence-corrected chi connectivity index (χ1v) is 10.8. The van der Waals surface area contributed by atoms with Gasteiger partial charge in [-0.15, -0.1) is 0 Å². The summed E-state index contributed by atoms with van der Waals surface area (Å²) in [6, 6.07) is 3.68. The molecule has 0 amide bonds. The number of hydrogen-bond acceptors (Lipinski definition) is 7. The third-order valence-electron chi connectivity index (χ3n) is 5.92. The van der Waals surface area contributed by atoms with Crippen molar-refractivity contribution >= 4 is 51.1 Å². The van der Waals surface area contributed by atoms with Crippen molar-refractivity contribution < 1.29 is 5.11 Å². The third-order valence-corrected chi connectivity index (χ3v) is 6.75. The van der Waals surface area contributed by atoms with Crippen molar-refractivity contribution in [1.82, 2.24) is 29.9 Å². The summed E-state index contributed by atoms with van der Waals surface area (Å²) in [6.45, 7) is 3.33. The second-order valence-electron chi connectivity index (χ2n) is 8.30. The summed E-state index contributed by atoms with van der Waals surface area (Å²) in [7, 11) is 1.76. The van der Waals surface area contributed by atoms with Gasteiger partial charge in [0.2, 0.25) is 0 Å². The maximum atomic E-state index is 10.0. The number of anilines is 1. The molecule has 0 saturated carbocycles. The van der Waals surface area contributed by atoms with Crippen LogP contribution >= 0.6 is 23.2 Å². The van der Waals surface area contributed by atoms with Gasteiger partial charge in [-0.25, -0.2) is 9.97 Å². The Morgan fingerprint density at radius 2 is 1.97 bits per heavy atom. The molecular weight excluding hydrogens is 439 g/mol. The number of benzene rings is 1. The molecule has 11 heteroatoms. The van der Waals surface area contributed by atoms with E-state index in [1.165, 1.54) is 0 Å². The molecule has 31 heavy (non-hydrogen) atoms. The Hall–Kier alpha value is -2.46. The molecule has 1 fully saturated rings. The zero-order chi connectivity index (χ0) is 21.9. The van der Waals surface area contributed by atoms with Crippen LogP contribution in [0.3, 0.4) is 0 Å². The first-order chi connectivity index (χ1) is 14.8. The van der Waals surface area contributed by atoms with E-state index in [-0.39, 0.29) is 12.1 Å². The average molecular weight is 461 g/mol. The van der Waals surface area contributed by atoms with Gasteiger partial charge in [-0.1, -0.05) is 23.2 Å². The van der Waals surface area contributed by atoms with Crippen LogP contribution in [-0.4, -0.2) is 53.7 Å². The number of nitrogens with zero attached hydrogens (tertiary/aromatic N) is 6. The van der Waals surface area contributed by atoms with Crippen molar-refractivity contribution in [2.45, 2.75) is 31.9 Å². The number of aromatic amines is 1. The number of nitrogens with two attached hydrogens (primary N) is 1. The van der Waals surface area contributed by atoms with Crippen molar-refractivity contribution in [1.29, 1.82) is 0 Å². The van der Waals surface area contributed by atoms with Crippen molar-refractivity contribution in [2.75, 3.05) is 18.0 Å². The Labute approximate surface area is 188 Å². The van der Waals surface area contributed by atoms with Crippen LogP contribution in [0.2, 0.25) is 10.2 Å². The molecule has 0 radical (unpaired) electrons. The highest BCUT2D eigenvalue weighted by Gasteiger charge is 2.29. The Kier molecular flexibility index (Phi) is 4.82. The second-order valence-corrected chi connectivity index (χ2v) is 9.03. The van der Waals surface area contributed by atoms with Gasteiger partial charge in [0.25, 0.3) is 0 Å². The van der Waals surface area contributed by atoms with Crippen LogP contribution < -0.4 is 10.6 Å². The monoisotopic (exact) mass is 460 g/mol. The molecule has 9 nitrogen and oxygen atoms in total. The van der Waals surface area contributed by atoms with Gasteiger partial charge >= 0.3 is 0 Å².